The quantitative estimate of drug-likeness (QED) is 0.775. The van der Waals surface area contributed by atoms with Gasteiger partial charge in [0.1, 0.15) is 0 Å². The van der Waals surface area contributed by atoms with Crippen LogP contribution in [0.5, 0.6) is 0 Å². The first-order valence-corrected chi connectivity index (χ1v) is 7.55. The number of fused-ring (bicyclic) bond motifs is 1. The van der Waals surface area contributed by atoms with Crippen molar-refractivity contribution in [2.45, 2.75) is 12.6 Å². The van der Waals surface area contributed by atoms with Gasteiger partial charge in [0.15, 0.2) is 0 Å². The normalized spacial score (nSPS) is 11.8. The molecule has 0 spiro atoms. The van der Waals surface area contributed by atoms with Gasteiger partial charge in [-0.15, -0.1) is 11.3 Å². The first-order chi connectivity index (χ1) is 10.5. The van der Waals surface area contributed by atoms with E-state index in [-0.39, 0.29) is 0 Å². The third-order valence-corrected chi connectivity index (χ3v) is 3.89. The molecule has 0 fully saturated rings. The highest BCUT2D eigenvalue weighted by Crippen LogP contribution is 2.32. The van der Waals surface area contributed by atoms with E-state index in [9.17, 15) is 13.2 Å². The van der Waals surface area contributed by atoms with Gasteiger partial charge in [-0.3, -0.25) is 4.98 Å². The molecule has 0 unspecified atom stereocenters. The Morgan fingerprint density at radius 2 is 2.00 bits per heavy atom. The SMILES string of the molecule is FC(F)(F)c1ccc2c(NCCc3cscn3)ccnc2c1. The maximum atomic E-state index is 12.7. The van der Waals surface area contributed by atoms with E-state index < -0.39 is 11.7 Å². The lowest BCUT2D eigenvalue weighted by Gasteiger charge is -2.11. The molecular weight excluding hydrogens is 311 g/mol. The van der Waals surface area contributed by atoms with Crippen molar-refractivity contribution in [1.82, 2.24) is 9.97 Å². The molecule has 2 heterocycles. The molecule has 3 aromatic rings. The fraction of sp³-hybridized carbons (Fsp3) is 0.200. The highest BCUT2D eigenvalue weighted by atomic mass is 32.1. The molecule has 3 rings (SSSR count). The lowest BCUT2D eigenvalue weighted by molar-refractivity contribution is -0.137. The molecule has 0 saturated carbocycles. The van der Waals surface area contributed by atoms with E-state index in [1.165, 1.54) is 23.6 Å². The van der Waals surface area contributed by atoms with Gasteiger partial charge in [-0.2, -0.15) is 13.2 Å². The molecule has 0 radical (unpaired) electrons. The van der Waals surface area contributed by atoms with Gasteiger partial charge in [0.2, 0.25) is 0 Å². The molecule has 3 nitrogen and oxygen atoms in total. The number of nitrogens with zero attached hydrogens (tertiary/aromatic N) is 2. The third kappa shape index (κ3) is 3.19. The van der Waals surface area contributed by atoms with Gasteiger partial charge >= 0.3 is 6.18 Å². The monoisotopic (exact) mass is 323 g/mol. The third-order valence-electron chi connectivity index (χ3n) is 3.25. The van der Waals surface area contributed by atoms with Gasteiger partial charge in [0, 0.05) is 35.6 Å². The average Bonchev–Trinajstić information content (AvgIpc) is 2.99. The molecule has 0 saturated heterocycles. The minimum absolute atomic E-state index is 0.327. The van der Waals surface area contributed by atoms with Gasteiger partial charge < -0.3 is 5.32 Å². The van der Waals surface area contributed by atoms with Gasteiger partial charge in [0.25, 0.3) is 0 Å². The second-order valence-corrected chi connectivity index (χ2v) is 5.46. The summed E-state index contributed by atoms with van der Waals surface area (Å²) < 4.78 is 38.2. The Kier molecular flexibility index (Phi) is 3.98. The fourth-order valence-electron chi connectivity index (χ4n) is 2.16. The van der Waals surface area contributed by atoms with Gasteiger partial charge in [0.05, 0.1) is 22.3 Å². The maximum absolute atomic E-state index is 12.7. The molecular formula is C15H12F3N3S. The minimum Gasteiger partial charge on any atom is -0.384 e. The summed E-state index contributed by atoms with van der Waals surface area (Å²) in [4.78, 5) is 8.21. The standard InChI is InChI=1S/C15H12F3N3S/c16-15(17,18)10-1-2-12-13(4-6-20-14(12)7-10)19-5-3-11-8-22-9-21-11/h1-2,4,6-9H,3,5H2,(H,19,20). The number of nitrogens with one attached hydrogen (secondary N) is 1. The van der Waals surface area contributed by atoms with E-state index in [1.807, 2.05) is 5.38 Å². The van der Waals surface area contributed by atoms with Crippen molar-refractivity contribution in [1.29, 1.82) is 0 Å². The summed E-state index contributed by atoms with van der Waals surface area (Å²) in [5, 5.41) is 5.88. The molecule has 0 aliphatic heterocycles. The molecule has 1 aromatic carbocycles. The number of pyridine rings is 1. The number of alkyl halides is 3. The van der Waals surface area contributed by atoms with Crippen LogP contribution in [0.3, 0.4) is 0 Å². The Hall–Kier alpha value is -2.15. The zero-order valence-electron chi connectivity index (χ0n) is 11.4. The van der Waals surface area contributed by atoms with Crippen LogP contribution in [0.2, 0.25) is 0 Å². The molecule has 0 aliphatic carbocycles. The van der Waals surface area contributed by atoms with Gasteiger partial charge in [-0.05, 0) is 18.2 Å². The predicted octanol–water partition coefficient (Wildman–Crippen LogP) is 4.36. The molecule has 22 heavy (non-hydrogen) atoms. The maximum Gasteiger partial charge on any atom is 0.416 e. The summed E-state index contributed by atoms with van der Waals surface area (Å²) in [6, 6.07) is 5.36. The van der Waals surface area contributed by atoms with E-state index in [2.05, 4.69) is 15.3 Å². The van der Waals surface area contributed by atoms with Crippen LogP contribution in [0.1, 0.15) is 11.3 Å². The lowest BCUT2D eigenvalue weighted by Crippen LogP contribution is -2.07. The van der Waals surface area contributed by atoms with Crippen molar-refractivity contribution in [2.75, 3.05) is 11.9 Å². The second kappa shape index (κ2) is 5.92. The molecule has 0 atom stereocenters. The number of halogens is 3. The van der Waals surface area contributed by atoms with Crippen molar-refractivity contribution in [2.24, 2.45) is 0 Å². The van der Waals surface area contributed by atoms with Gasteiger partial charge in [-0.25, -0.2) is 4.98 Å². The first-order valence-electron chi connectivity index (χ1n) is 6.61. The van der Waals surface area contributed by atoms with E-state index >= 15 is 0 Å². The van der Waals surface area contributed by atoms with E-state index in [0.29, 0.717) is 17.4 Å². The van der Waals surface area contributed by atoms with Crippen LogP contribution >= 0.6 is 11.3 Å². The predicted molar refractivity (Wildman–Crippen MR) is 81.1 cm³/mol. The fourth-order valence-corrected chi connectivity index (χ4v) is 2.76. The second-order valence-electron chi connectivity index (χ2n) is 4.74. The average molecular weight is 323 g/mol. The summed E-state index contributed by atoms with van der Waals surface area (Å²) in [6.45, 7) is 0.657. The number of hydrogen-bond acceptors (Lipinski definition) is 4. The Morgan fingerprint density at radius 3 is 2.73 bits per heavy atom. The van der Waals surface area contributed by atoms with Crippen LogP contribution in [0.15, 0.2) is 41.4 Å². The minimum atomic E-state index is -4.36. The van der Waals surface area contributed by atoms with Crippen LogP contribution in [-0.2, 0) is 12.6 Å². The summed E-state index contributed by atoms with van der Waals surface area (Å²) in [7, 11) is 0. The highest BCUT2D eigenvalue weighted by molar-refractivity contribution is 7.07. The number of hydrogen-bond donors (Lipinski definition) is 1. The summed E-state index contributed by atoms with van der Waals surface area (Å²) in [5.41, 5.74) is 3.18. The zero-order chi connectivity index (χ0) is 15.6. The Balaban J connectivity index is 1.81. The Morgan fingerprint density at radius 1 is 1.14 bits per heavy atom. The Labute approximate surface area is 128 Å². The number of anilines is 1. The van der Waals surface area contributed by atoms with Crippen molar-refractivity contribution in [3.05, 3.63) is 52.6 Å². The van der Waals surface area contributed by atoms with E-state index in [0.717, 1.165) is 29.9 Å². The van der Waals surface area contributed by atoms with Crippen LogP contribution in [0.25, 0.3) is 10.9 Å². The first kappa shape index (κ1) is 14.8. The van der Waals surface area contributed by atoms with Crippen LogP contribution in [-0.4, -0.2) is 16.5 Å². The van der Waals surface area contributed by atoms with Crippen molar-refractivity contribution in [3.8, 4) is 0 Å². The summed E-state index contributed by atoms with van der Waals surface area (Å²) >= 11 is 1.54. The molecule has 7 heteroatoms. The molecule has 0 aliphatic rings. The largest absolute Gasteiger partial charge is 0.416 e. The van der Waals surface area contributed by atoms with E-state index in [4.69, 9.17) is 0 Å². The van der Waals surface area contributed by atoms with Crippen molar-refractivity contribution in [3.63, 3.8) is 0 Å². The smallest absolute Gasteiger partial charge is 0.384 e. The molecule has 0 amide bonds. The highest BCUT2D eigenvalue weighted by Gasteiger charge is 2.30. The number of aromatic nitrogens is 2. The zero-order valence-corrected chi connectivity index (χ0v) is 12.2. The van der Waals surface area contributed by atoms with Gasteiger partial charge in [-0.1, -0.05) is 6.07 Å². The number of rotatable bonds is 4. The molecule has 2 aromatic heterocycles. The van der Waals surface area contributed by atoms with E-state index in [1.54, 1.807) is 11.6 Å². The summed E-state index contributed by atoms with van der Waals surface area (Å²) in [5.74, 6) is 0. The topological polar surface area (TPSA) is 37.8 Å². The number of benzene rings is 1. The summed E-state index contributed by atoms with van der Waals surface area (Å²) in [6.07, 6.45) is -2.09. The lowest BCUT2D eigenvalue weighted by atomic mass is 10.1. The molecule has 1 N–H and O–H groups in total. The van der Waals surface area contributed by atoms with Crippen LogP contribution < -0.4 is 5.32 Å². The van der Waals surface area contributed by atoms with Crippen molar-refractivity contribution >= 4 is 27.9 Å². The Bertz CT molecular complexity index is 769. The van der Waals surface area contributed by atoms with Crippen LogP contribution in [0, 0.1) is 0 Å². The molecule has 114 valence electrons. The number of thiazole rings is 1. The van der Waals surface area contributed by atoms with Crippen LogP contribution in [0.4, 0.5) is 18.9 Å². The van der Waals surface area contributed by atoms with Crippen molar-refractivity contribution < 1.29 is 13.2 Å². The molecule has 0 bridgehead atoms.